The van der Waals surface area contributed by atoms with Crippen molar-refractivity contribution in [3.8, 4) is 0 Å². The first-order chi connectivity index (χ1) is 4.66. The molecule has 0 saturated heterocycles. The van der Waals surface area contributed by atoms with E-state index in [9.17, 15) is 0 Å². The lowest BCUT2D eigenvalue weighted by Gasteiger charge is -2.13. The molecule has 3 nitrogen and oxygen atoms in total. The van der Waals surface area contributed by atoms with Crippen LogP contribution in [0.15, 0.2) is 11.3 Å². The molecule has 1 rings (SSSR count). The highest BCUT2D eigenvalue weighted by atomic mass is 14.9. The standard InChI is InChI=1S/C6H14BN3/c1-3-2-4(8)5(9)6(3)10-7/h4-5,10H,2,7-9H2,1H3/t4-,5-/m0/s1. The van der Waals surface area contributed by atoms with Gasteiger partial charge in [-0.3, -0.25) is 0 Å². The van der Waals surface area contributed by atoms with Gasteiger partial charge in [0, 0.05) is 11.7 Å². The van der Waals surface area contributed by atoms with E-state index in [0.717, 1.165) is 12.1 Å². The van der Waals surface area contributed by atoms with Gasteiger partial charge in [0.05, 0.1) is 6.04 Å². The Morgan fingerprint density at radius 2 is 2.20 bits per heavy atom. The quantitative estimate of drug-likeness (QED) is 0.385. The van der Waals surface area contributed by atoms with Gasteiger partial charge >= 0.3 is 0 Å². The van der Waals surface area contributed by atoms with E-state index in [2.05, 4.69) is 12.2 Å². The van der Waals surface area contributed by atoms with Gasteiger partial charge in [0.2, 0.25) is 7.98 Å². The SMILES string of the molecule is BNC1=C(C)C[C@H](N)[C@@H]1N. The van der Waals surface area contributed by atoms with Crippen LogP contribution in [0.2, 0.25) is 0 Å². The van der Waals surface area contributed by atoms with Crippen molar-refractivity contribution in [3.63, 3.8) is 0 Å². The van der Waals surface area contributed by atoms with Crippen molar-refractivity contribution in [1.82, 2.24) is 5.23 Å². The number of hydrogen-bond donors (Lipinski definition) is 3. The normalized spacial score (nSPS) is 33.1. The Labute approximate surface area is 62.3 Å². The first-order valence-corrected chi connectivity index (χ1v) is 3.55. The largest absolute Gasteiger partial charge is 0.436 e. The summed E-state index contributed by atoms with van der Waals surface area (Å²) >= 11 is 0. The second-order valence-corrected chi connectivity index (χ2v) is 2.84. The van der Waals surface area contributed by atoms with Gasteiger partial charge in [-0.25, -0.2) is 0 Å². The van der Waals surface area contributed by atoms with Crippen molar-refractivity contribution < 1.29 is 0 Å². The molecule has 0 aromatic heterocycles. The predicted octanol–water partition coefficient (Wildman–Crippen LogP) is -1.54. The van der Waals surface area contributed by atoms with Gasteiger partial charge in [-0.1, -0.05) is 5.57 Å². The van der Waals surface area contributed by atoms with Crippen LogP contribution in [-0.2, 0) is 0 Å². The molecule has 0 radical (unpaired) electrons. The monoisotopic (exact) mass is 139 g/mol. The first-order valence-electron chi connectivity index (χ1n) is 3.55. The number of nitrogens with two attached hydrogens (primary N) is 2. The maximum absolute atomic E-state index is 5.78. The molecular weight excluding hydrogens is 125 g/mol. The molecule has 4 heteroatoms. The van der Waals surface area contributed by atoms with Gasteiger partial charge < -0.3 is 16.7 Å². The van der Waals surface area contributed by atoms with Crippen molar-refractivity contribution >= 4 is 7.98 Å². The second-order valence-electron chi connectivity index (χ2n) is 2.84. The molecule has 0 heterocycles. The molecule has 0 amide bonds. The second kappa shape index (κ2) is 2.64. The molecule has 2 atom stereocenters. The molecule has 0 spiro atoms. The fraction of sp³-hybridized carbons (Fsp3) is 0.667. The summed E-state index contributed by atoms with van der Waals surface area (Å²) in [6, 6.07) is 0.132. The van der Waals surface area contributed by atoms with E-state index in [1.54, 1.807) is 0 Å². The summed E-state index contributed by atoms with van der Waals surface area (Å²) in [5.41, 5.74) is 13.9. The molecule has 0 aromatic carbocycles. The van der Waals surface area contributed by atoms with E-state index in [1.807, 2.05) is 7.98 Å². The molecular formula is C6H14BN3. The third-order valence-corrected chi connectivity index (χ3v) is 2.07. The van der Waals surface area contributed by atoms with Crippen molar-refractivity contribution in [1.29, 1.82) is 0 Å². The lowest BCUT2D eigenvalue weighted by Crippen LogP contribution is -2.41. The van der Waals surface area contributed by atoms with Crippen LogP contribution in [0.4, 0.5) is 0 Å². The van der Waals surface area contributed by atoms with Gasteiger partial charge in [-0.2, -0.15) is 0 Å². The molecule has 5 N–H and O–H groups in total. The highest BCUT2D eigenvalue weighted by molar-refractivity contribution is 6.05. The summed E-state index contributed by atoms with van der Waals surface area (Å²) in [5, 5.41) is 3.07. The number of hydrogen-bond acceptors (Lipinski definition) is 3. The maximum atomic E-state index is 5.78. The van der Waals surface area contributed by atoms with E-state index in [4.69, 9.17) is 11.5 Å². The minimum absolute atomic E-state index is 0.0185. The predicted molar refractivity (Wildman–Crippen MR) is 44.9 cm³/mol. The Balaban J connectivity index is 2.75. The van der Waals surface area contributed by atoms with Crippen molar-refractivity contribution in [3.05, 3.63) is 11.3 Å². The zero-order chi connectivity index (χ0) is 7.72. The molecule has 0 bridgehead atoms. The summed E-state index contributed by atoms with van der Waals surface area (Å²) in [7, 11) is 1.89. The topological polar surface area (TPSA) is 64.1 Å². The zero-order valence-electron chi connectivity index (χ0n) is 6.52. The number of rotatable bonds is 1. The van der Waals surface area contributed by atoms with Crippen LogP contribution < -0.4 is 16.7 Å². The van der Waals surface area contributed by atoms with Crippen LogP contribution >= 0.6 is 0 Å². The van der Waals surface area contributed by atoms with E-state index < -0.39 is 0 Å². The van der Waals surface area contributed by atoms with E-state index in [0.29, 0.717) is 0 Å². The third-order valence-electron chi connectivity index (χ3n) is 2.07. The molecule has 10 heavy (non-hydrogen) atoms. The first kappa shape index (κ1) is 7.63. The van der Waals surface area contributed by atoms with Gasteiger partial charge in [0.25, 0.3) is 0 Å². The van der Waals surface area contributed by atoms with Gasteiger partial charge in [-0.05, 0) is 13.3 Å². The van der Waals surface area contributed by atoms with E-state index in [-0.39, 0.29) is 12.1 Å². The van der Waals surface area contributed by atoms with Crippen molar-refractivity contribution in [2.24, 2.45) is 11.5 Å². The Hall–Kier alpha value is -0.475. The van der Waals surface area contributed by atoms with Crippen LogP contribution in [0.3, 0.4) is 0 Å². The van der Waals surface area contributed by atoms with Gasteiger partial charge in [0.1, 0.15) is 0 Å². The molecule has 0 fully saturated rings. The van der Waals surface area contributed by atoms with E-state index in [1.165, 1.54) is 5.57 Å². The number of nitrogens with one attached hydrogen (secondary N) is 1. The smallest absolute Gasteiger partial charge is 0.213 e. The fourth-order valence-corrected chi connectivity index (χ4v) is 1.47. The molecule has 1 aliphatic carbocycles. The average Bonchev–Trinajstić information content (AvgIpc) is 2.09. The van der Waals surface area contributed by atoms with Crippen LogP contribution in [0.25, 0.3) is 0 Å². The third kappa shape index (κ3) is 1.04. The summed E-state index contributed by atoms with van der Waals surface area (Å²) in [6.45, 7) is 2.07. The minimum Gasteiger partial charge on any atom is -0.436 e. The minimum atomic E-state index is 0.0185. The average molecular weight is 139 g/mol. The molecule has 0 unspecified atom stereocenters. The van der Waals surface area contributed by atoms with Crippen LogP contribution in [0.5, 0.6) is 0 Å². The molecule has 0 aromatic rings. The van der Waals surface area contributed by atoms with Crippen LogP contribution in [-0.4, -0.2) is 20.1 Å². The lowest BCUT2D eigenvalue weighted by molar-refractivity contribution is 0.614. The van der Waals surface area contributed by atoms with Crippen LogP contribution in [0.1, 0.15) is 13.3 Å². The Bertz CT molecular complexity index is 166. The maximum Gasteiger partial charge on any atom is 0.213 e. The lowest BCUT2D eigenvalue weighted by atomic mass is 10.1. The zero-order valence-corrected chi connectivity index (χ0v) is 6.52. The van der Waals surface area contributed by atoms with Crippen molar-refractivity contribution in [2.75, 3.05) is 0 Å². The fourth-order valence-electron chi connectivity index (χ4n) is 1.47. The summed E-state index contributed by atoms with van der Waals surface area (Å²) in [6.07, 6.45) is 0.928. The Morgan fingerprint density at radius 3 is 2.40 bits per heavy atom. The summed E-state index contributed by atoms with van der Waals surface area (Å²) in [4.78, 5) is 0. The van der Waals surface area contributed by atoms with Gasteiger partial charge in [0.15, 0.2) is 0 Å². The highest BCUT2D eigenvalue weighted by Gasteiger charge is 2.25. The molecule has 1 aliphatic rings. The molecule has 56 valence electrons. The Morgan fingerprint density at radius 1 is 1.60 bits per heavy atom. The van der Waals surface area contributed by atoms with Crippen molar-refractivity contribution in [2.45, 2.75) is 25.4 Å². The van der Waals surface area contributed by atoms with Crippen LogP contribution in [0, 0.1) is 0 Å². The summed E-state index contributed by atoms with van der Waals surface area (Å²) in [5.74, 6) is 0. The molecule has 0 aliphatic heterocycles. The highest BCUT2D eigenvalue weighted by Crippen LogP contribution is 2.20. The van der Waals surface area contributed by atoms with Gasteiger partial charge in [-0.15, -0.1) is 0 Å². The summed E-state index contributed by atoms with van der Waals surface area (Å²) < 4.78 is 0. The molecule has 0 saturated carbocycles. The van der Waals surface area contributed by atoms with E-state index >= 15 is 0 Å². The Kier molecular flexibility index (Phi) is 2.01.